The van der Waals surface area contributed by atoms with Crippen molar-refractivity contribution < 1.29 is 23.4 Å². The Balaban J connectivity index is 1.49. The van der Waals surface area contributed by atoms with E-state index in [0.29, 0.717) is 35.7 Å². The highest BCUT2D eigenvalue weighted by molar-refractivity contribution is 7.13. The molecule has 33 heavy (non-hydrogen) atoms. The van der Waals surface area contributed by atoms with E-state index >= 15 is 0 Å². The van der Waals surface area contributed by atoms with Crippen LogP contribution in [-0.4, -0.2) is 44.2 Å². The van der Waals surface area contributed by atoms with Crippen LogP contribution >= 0.6 is 11.3 Å². The molecule has 0 saturated heterocycles. The summed E-state index contributed by atoms with van der Waals surface area (Å²) >= 11 is 1.41. The summed E-state index contributed by atoms with van der Waals surface area (Å²) in [5, 5.41) is 16.1. The molecule has 4 aromatic rings. The number of nitrogens with zero attached hydrogens (tertiary/aromatic N) is 4. The fourth-order valence-corrected chi connectivity index (χ4v) is 3.90. The van der Waals surface area contributed by atoms with Crippen LogP contribution in [0.4, 0.5) is 8.78 Å². The van der Waals surface area contributed by atoms with E-state index in [9.17, 15) is 8.78 Å². The molecule has 0 fully saturated rings. The maximum absolute atomic E-state index is 13.0. The monoisotopic (exact) mass is 472 g/mol. The quantitative estimate of drug-likeness (QED) is 0.377. The highest BCUT2D eigenvalue weighted by Crippen LogP contribution is 2.29. The van der Waals surface area contributed by atoms with Crippen LogP contribution < -0.4 is 9.47 Å². The number of aliphatic hydroxyl groups is 1. The number of alkyl halides is 2. The molecule has 2 aromatic carbocycles. The minimum absolute atomic E-state index is 0.0435. The van der Waals surface area contributed by atoms with E-state index in [1.807, 2.05) is 36.6 Å². The topological polar surface area (TPSA) is 82.3 Å². The van der Waals surface area contributed by atoms with E-state index in [0.717, 1.165) is 17.0 Å². The molecule has 2 aromatic heterocycles. The zero-order chi connectivity index (χ0) is 23.4. The average Bonchev–Trinajstić information content (AvgIpc) is 3.39. The van der Waals surface area contributed by atoms with Crippen molar-refractivity contribution in [3.05, 3.63) is 65.3 Å². The van der Waals surface area contributed by atoms with Gasteiger partial charge in [0.1, 0.15) is 23.9 Å². The first kappa shape index (κ1) is 22.8. The molecular weight excluding hydrogens is 450 g/mol. The molecule has 0 aliphatic carbocycles. The third-order valence-corrected chi connectivity index (χ3v) is 5.43. The number of aromatic nitrogens is 4. The molecule has 0 aliphatic heterocycles. The lowest BCUT2D eigenvalue weighted by Crippen LogP contribution is -2.18. The second kappa shape index (κ2) is 9.63. The molecule has 4 rings (SSSR count). The van der Waals surface area contributed by atoms with Crippen molar-refractivity contribution in [1.29, 1.82) is 0 Å². The van der Waals surface area contributed by atoms with E-state index in [2.05, 4.69) is 19.8 Å². The number of aryl methyl sites for hydroxylation is 1. The molecule has 0 atom stereocenters. The molecule has 0 spiro atoms. The van der Waals surface area contributed by atoms with Crippen molar-refractivity contribution in [2.75, 3.05) is 13.2 Å². The summed E-state index contributed by atoms with van der Waals surface area (Å²) in [6.45, 7) is 3.28. The van der Waals surface area contributed by atoms with Gasteiger partial charge in [-0.25, -0.2) is 14.6 Å². The lowest BCUT2D eigenvalue weighted by Gasteiger charge is -2.12. The Morgan fingerprint density at radius 1 is 1.09 bits per heavy atom. The molecule has 10 heteroatoms. The number of hydrogen-bond acceptors (Lipinski definition) is 7. The molecule has 0 saturated carbocycles. The molecule has 1 N–H and O–H groups in total. The summed E-state index contributed by atoms with van der Waals surface area (Å²) in [6, 6.07) is 13.9. The van der Waals surface area contributed by atoms with Crippen molar-refractivity contribution in [2.24, 2.45) is 0 Å². The van der Waals surface area contributed by atoms with Gasteiger partial charge in [0.05, 0.1) is 18.8 Å². The van der Waals surface area contributed by atoms with Crippen molar-refractivity contribution in [2.45, 2.75) is 26.5 Å². The predicted molar refractivity (Wildman–Crippen MR) is 121 cm³/mol. The summed E-state index contributed by atoms with van der Waals surface area (Å²) < 4.78 is 37.8. The number of halogens is 2. The summed E-state index contributed by atoms with van der Waals surface area (Å²) in [7, 11) is 0. The van der Waals surface area contributed by atoms with E-state index in [1.165, 1.54) is 23.5 Å². The Labute approximate surface area is 193 Å². The minimum Gasteiger partial charge on any atom is -0.491 e. The number of rotatable bonds is 9. The van der Waals surface area contributed by atoms with Gasteiger partial charge in [0.15, 0.2) is 5.01 Å². The maximum atomic E-state index is 13.0. The average molecular weight is 473 g/mol. The lowest BCUT2D eigenvalue weighted by molar-refractivity contribution is -0.158. The highest BCUT2D eigenvalue weighted by atomic mass is 32.1. The molecular formula is C23H22F2N4O3S. The van der Waals surface area contributed by atoms with Gasteiger partial charge in [0.25, 0.3) is 0 Å². The molecule has 172 valence electrons. The first-order chi connectivity index (χ1) is 15.8. The normalized spacial score (nSPS) is 11.5. The second-order valence-electron chi connectivity index (χ2n) is 7.33. The van der Waals surface area contributed by atoms with Crippen molar-refractivity contribution in [1.82, 2.24) is 19.7 Å². The molecule has 0 amide bonds. The van der Waals surface area contributed by atoms with Gasteiger partial charge in [-0.1, -0.05) is 12.1 Å². The second-order valence-corrected chi connectivity index (χ2v) is 8.19. The summed E-state index contributed by atoms with van der Waals surface area (Å²) in [4.78, 5) is 9.15. The zero-order valence-corrected chi connectivity index (χ0v) is 18.9. The Morgan fingerprint density at radius 3 is 2.61 bits per heavy atom. The SMILES string of the molecule is Cc1nc(-c2nc(-c3ccc(OC(C)(F)F)cc3)cs2)nn1Cc1cccc(OCCO)c1. The molecule has 2 heterocycles. The van der Waals surface area contributed by atoms with Crippen LogP contribution in [0.15, 0.2) is 53.9 Å². The van der Waals surface area contributed by atoms with Crippen LogP contribution in [0.5, 0.6) is 11.5 Å². The van der Waals surface area contributed by atoms with Gasteiger partial charge in [-0.15, -0.1) is 16.4 Å². The fourth-order valence-electron chi connectivity index (χ4n) is 3.14. The summed E-state index contributed by atoms with van der Waals surface area (Å²) in [5.41, 5.74) is 2.47. The number of benzene rings is 2. The zero-order valence-electron chi connectivity index (χ0n) is 18.0. The molecule has 0 unspecified atom stereocenters. The Morgan fingerprint density at radius 2 is 1.88 bits per heavy atom. The Kier molecular flexibility index (Phi) is 6.66. The number of ether oxygens (including phenoxy) is 2. The van der Waals surface area contributed by atoms with E-state index < -0.39 is 6.11 Å². The largest absolute Gasteiger partial charge is 0.491 e. The number of hydrogen-bond donors (Lipinski definition) is 1. The van der Waals surface area contributed by atoms with Gasteiger partial charge in [-0.2, -0.15) is 8.78 Å². The van der Waals surface area contributed by atoms with Crippen LogP contribution in [0.1, 0.15) is 18.3 Å². The smallest absolute Gasteiger partial charge is 0.394 e. The van der Waals surface area contributed by atoms with Crippen LogP contribution in [0.2, 0.25) is 0 Å². The molecule has 0 aliphatic rings. The van der Waals surface area contributed by atoms with Crippen LogP contribution in [0.25, 0.3) is 22.1 Å². The maximum Gasteiger partial charge on any atom is 0.394 e. The van der Waals surface area contributed by atoms with Gasteiger partial charge >= 0.3 is 6.11 Å². The van der Waals surface area contributed by atoms with E-state index in [4.69, 9.17) is 9.84 Å². The van der Waals surface area contributed by atoms with Crippen molar-refractivity contribution >= 4 is 11.3 Å². The van der Waals surface area contributed by atoms with Gasteiger partial charge in [-0.3, -0.25) is 0 Å². The third kappa shape index (κ3) is 5.91. The summed E-state index contributed by atoms with van der Waals surface area (Å²) in [6.07, 6.45) is -3.23. The van der Waals surface area contributed by atoms with Gasteiger partial charge in [-0.05, 0) is 48.9 Å². The molecule has 0 radical (unpaired) electrons. The highest BCUT2D eigenvalue weighted by Gasteiger charge is 2.23. The number of thiazole rings is 1. The lowest BCUT2D eigenvalue weighted by atomic mass is 10.2. The number of aliphatic hydroxyl groups excluding tert-OH is 1. The third-order valence-electron chi connectivity index (χ3n) is 4.59. The van der Waals surface area contributed by atoms with Crippen molar-refractivity contribution in [3.8, 4) is 33.6 Å². The minimum atomic E-state index is -3.23. The molecule has 0 bridgehead atoms. The van der Waals surface area contributed by atoms with Crippen LogP contribution in [0.3, 0.4) is 0 Å². The Bertz CT molecular complexity index is 1220. The summed E-state index contributed by atoms with van der Waals surface area (Å²) in [5.74, 6) is 2.03. The fraction of sp³-hybridized carbons (Fsp3) is 0.261. The van der Waals surface area contributed by atoms with E-state index in [1.54, 1.807) is 16.8 Å². The van der Waals surface area contributed by atoms with Gasteiger partial charge < -0.3 is 14.6 Å². The van der Waals surface area contributed by atoms with E-state index in [-0.39, 0.29) is 19.0 Å². The first-order valence-corrected chi connectivity index (χ1v) is 11.1. The van der Waals surface area contributed by atoms with Gasteiger partial charge in [0, 0.05) is 17.9 Å². The van der Waals surface area contributed by atoms with Crippen molar-refractivity contribution in [3.63, 3.8) is 0 Å². The van der Waals surface area contributed by atoms with Crippen LogP contribution in [-0.2, 0) is 6.54 Å². The van der Waals surface area contributed by atoms with Crippen LogP contribution in [0, 0.1) is 6.92 Å². The first-order valence-electron chi connectivity index (χ1n) is 10.2. The standard InChI is InChI=1S/C23H22F2N4O3S/c1-15-26-21(28-29(15)13-16-4-3-5-19(12-16)31-11-10-30)22-27-20(14-33-22)17-6-8-18(9-7-17)32-23(2,24)25/h3-9,12,14,30H,10-11,13H2,1-2H3. The van der Waals surface area contributed by atoms with Gasteiger partial charge in [0.2, 0.25) is 5.82 Å². The molecule has 7 nitrogen and oxygen atoms in total. The Hall–Kier alpha value is -3.37. The predicted octanol–water partition coefficient (Wildman–Crippen LogP) is 4.79.